The maximum absolute atomic E-state index is 13.9. The van der Waals surface area contributed by atoms with Crippen molar-refractivity contribution in [1.29, 1.82) is 0 Å². The van der Waals surface area contributed by atoms with Crippen molar-refractivity contribution >= 4 is 5.91 Å². The highest BCUT2D eigenvalue weighted by Gasteiger charge is 2.55. The molecule has 4 heteroatoms. The van der Waals surface area contributed by atoms with E-state index < -0.39 is 0 Å². The van der Waals surface area contributed by atoms with E-state index in [4.69, 9.17) is 4.74 Å². The van der Waals surface area contributed by atoms with E-state index >= 15 is 0 Å². The topological polar surface area (TPSA) is 29.5 Å². The predicted octanol–water partition coefficient (Wildman–Crippen LogP) is 4.01. The first-order valence-corrected chi connectivity index (χ1v) is 9.07. The first kappa shape index (κ1) is 15.9. The number of benzene rings is 1. The Morgan fingerprint density at radius 2 is 1.79 bits per heavy atom. The van der Waals surface area contributed by atoms with Crippen LogP contribution in [0.5, 0.6) is 5.75 Å². The SMILES string of the molecule is COc1ccc(CN(C)C(=O)C23CC4CC(CC(C4)C2)C3)cc1F. The summed E-state index contributed by atoms with van der Waals surface area (Å²) in [5.41, 5.74) is 0.683. The van der Waals surface area contributed by atoms with Crippen molar-refractivity contribution in [2.45, 2.75) is 45.1 Å². The minimum atomic E-state index is -0.370. The van der Waals surface area contributed by atoms with Crippen molar-refractivity contribution in [3.8, 4) is 5.75 Å². The zero-order valence-electron chi connectivity index (χ0n) is 14.6. The van der Waals surface area contributed by atoms with Crippen LogP contribution < -0.4 is 4.74 Å². The van der Waals surface area contributed by atoms with Crippen LogP contribution >= 0.6 is 0 Å². The fraction of sp³-hybridized carbons (Fsp3) is 0.650. The van der Waals surface area contributed by atoms with Crippen molar-refractivity contribution in [2.75, 3.05) is 14.2 Å². The van der Waals surface area contributed by atoms with Gasteiger partial charge < -0.3 is 9.64 Å². The molecule has 0 atom stereocenters. The summed E-state index contributed by atoms with van der Waals surface area (Å²) >= 11 is 0. The molecule has 5 rings (SSSR count). The van der Waals surface area contributed by atoms with E-state index in [1.807, 2.05) is 18.0 Å². The van der Waals surface area contributed by atoms with Gasteiger partial charge in [-0.05, 0) is 74.0 Å². The molecule has 4 fully saturated rings. The Labute approximate surface area is 143 Å². The smallest absolute Gasteiger partial charge is 0.228 e. The average molecular weight is 331 g/mol. The van der Waals surface area contributed by atoms with Gasteiger partial charge in [-0.3, -0.25) is 4.79 Å². The van der Waals surface area contributed by atoms with Gasteiger partial charge in [0.1, 0.15) is 0 Å². The third-order valence-electron chi connectivity index (χ3n) is 6.47. The number of ether oxygens (including phenoxy) is 1. The molecule has 0 saturated heterocycles. The lowest BCUT2D eigenvalue weighted by atomic mass is 9.49. The average Bonchev–Trinajstić information content (AvgIpc) is 2.53. The van der Waals surface area contributed by atoms with Gasteiger partial charge in [-0.15, -0.1) is 0 Å². The van der Waals surface area contributed by atoms with Crippen LogP contribution in [0.3, 0.4) is 0 Å². The summed E-state index contributed by atoms with van der Waals surface area (Å²) in [6.45, 7) is 0.460. The van der Waals surface area contributed by atoms with Gasteiger partial charge in [0.15, 0.2) is 11.6 Å². The van der Waals surface area contributed by atoms with Crippen molar-refractivity contribution in [3.05, 3.63) is 29.6 Å². The Bertz CT molecular complexity index is 622. The highest BCUT2D eigenvalue weighted by atomic mass is 19.1. The molecule has 4 saturated carbocycles. The van der Waals surface area contributed by atoms with E-state index in [0.717, 1.165) is 42.6 Å². The van der Waals surface area contributed by atoms with Crippen LogP contribution in [0.2, 0.25) is 0 Å². The number of hydrogen-bond acceptors (Lipinski definition) is 2. The quantitative estimate of drug-likeness (QED) is 0.834. The fourth-order valence-corrected chi connectivity index (χ4v) is 5.93. The van der Waals surface area contributed by atoms with Gasteiger partial charge in [-0.2, -0.15) is 0 Å². The summed E-state index contributed by atoms with van der Waals surface area (Å²) < 4.78 is 18.8. The van der Waals surface area contributed by atoms with Gasteiger partial charge in [0, 0.05) is 13.6 Å². The Morgan fingerprint density at radius 3 is 2.29 bits per heavy atom. The van der Waals surface area contributed by atoms with Crippen LogP contribution in [0.4, 0.5) is 4.39 Å². The molecule has 4 aliphatic rings. The molecule has 0 spiro atoms. The maximum atomic E-state index is 13.9. The molecule has 0 heterocycles. The summed E-state index contributed by atoms with van der Waals surface area (Å²) in [6, 6.07) is 4.95. The van der Waals surface area contributed by atoms with E-state index in [9.17, 15) is 9.18 Å². The Balaban J connectivity index is 1.49. The number of methoxy groups -OCH3 is 1. The van der Waals surface area contributed by atoms with Crippen LogP contribution in [0, 0.1) is 29.0 Å². The lowest BCUT2D eigenvalue weighted by Gasteiger charge is -2.56. The molecule has 130 valence electrons. The lowest BCUT2D eigenvalue weighted by molar-refractivity contribution is -0.156. The summed E-state index contributed by atoms with van der Waals surface area (Å²) in [5, 5.41) is 0. The van der Waals surface area contributed by atoms with Gasteiger partial charge in [0.25, 0.3) is 0 Å². The Kier molecular flexibility index (Phi) is 3.81. The second-order valence-electron chi connectivity index (χ2n) is 8.33. The zero-order valence-corrected chi connectivity index (χ0v) is 14.6. The van der Waals surface area contributed by atoms with E-state index in [-0.39, 0.29) is 22.9 Å². The van der Waals surface area contributed by atoms with Crippen LogP contribution in [-0.2, 0) is 11.3 Å². The molecule has 0 N–H and O–H groups in total. The second-order valence-corrected chi connectivity index (χ2v) is 8.33. The summed E-state index contributed by atoms with van der Waals surface area (Å²) in [4.78, 5) is 15.0. The third-order valence-corrected chi connectivity index (χ3v) is 6.47. The molecular weight excluding hydrogens is 305 g/mol. The van der Waals surface area contributed by atoms with Gasteiger partial charge in [0.2, 0.25) is 5.91 Å². The van der Waals surface area contributed by atoms with Gasteiger partial charge >= 0.3 is 0 Å². The molecule has 0 aromatic heterocycles. The highest BCUT2D eigenvalue weighted by Crippen LogP contribution is 2.60. The van der Waals surface area contributed by atoms with Crippen molar-refractivity contribution < 1.29 is 13.9 Å². The van der Waals surface area contributed by atoms with E-state index in [1.165, 1.54) is 32.4 Å². The van der Waals surface area contributed by atoms with Crippen molar-refractivity contribution in [1.82, 2.24) is 4.90 Å². The number of carbonyl (C=O) groups excluding carboxylic acids is 1. The maximum Gasteiger partial charge on any atom is 0.228 e. The Morgan fingerprint density at radius 1 is 1.21 bits per heavy atom. The first-order chi connectivity index (χ1) is 11.5. The van der Waals surface area contributed by atoms with Gasteiger partial charge in [-0.1, -0.05) is 6.07 Å². The monoisotopic (exact) mass is 331 g/mol. The molecule has 0 unspecified atom stereocenters. The van der Waals surface area contributed by atoms with E-state index in [0.29, 0.717) is 6.54 Å². The van der Waals surface area contributed by atoms with Crippen LogP contribution in [0.1, 0.15) is 44.1 Å². The number of hydrogen-bond donors (Lipinski definition) is 0. The minimum absolute atomic E-state index is 0.130. The van der Waals surface area contributed by atoms with Gasteiger partial charge in [-0.25, -0.2) is 4.39 Å². The molecule has 1 amide bonds. The van der Waals surface area contributed by atoms with Crippen molar-refractivity contribution in [3.63, 3.8) is 0 Å². The number of nitrogens with zero attached hydrogens (tertiary/aromatic N) is 1. The molecule has 0 radical (unpaired) electrons. The van der Waals surface area contributed by atoms with Crippen LogP contribution in [0.25, 0.3) is 0 Å². The zero-order chi connectivity index (χ0) is 16.9. The molecular formula is C20H26FNO2. The molecule has 4 bridgehead atoms. The molecule has 3 nitrogen and oxygen atoms in total. The number of halogens is 1. The van der Waals surface area contributed by atoms with Gasteiger partial charge in [0.05, 0.1) is 12.5 Å². The molecule has 1 aromatic carbocycles. The predicted molar refractivity (Wildman–Crippen MR) is 90.0 cm³/mol. The summed E-state index contributed by atoms with van der Waals surface area (Å²) in [6.07, 6.45) is 7.21. The third kappa shape index (κ3) is 2.60. The Hall–Kier alpha value is -1.58. The van der Waals surface area contributed by atoms with E-state index in [2.05, 4.69) is 0 Å². The second kappa shape index (κ2) is 5.75. The number of amides is 1. The summed E-state index contributed by atoms with van der Waals surface area (Å²) in [5.74, 6) is 2.42. The standard InChI is InChI=1S/C20H26FNO2/c1-22(12-13-3-4-18(24-2)17(21)8-13)19(23)20-9-14-5-15(10-20)7-16(6-14)11-20/h3-4,8,14-16H,5-7,9-12H2,1-2H3. The lowest BCUT2D eigenvalue weighted by Crippen LogP contribution is -2.53. The molecule has 0 aliphatic heterocycles. The van der Waals surface area contributed by atoms with E-state index in [1.54, 1.807) is 6.07 Å². The number of carbonyl (C=O) groups is 1. The first-order valence-electron chi connectivity index (χ1n) is 9.07. The largest absolute Gasteiger partial charge is 0.494 e. The fourth-order valence-electron chi connectivity index (χ4n) is 5.93. The molecule has 1 aromatic rings. The molecule has 4 aliphatic carbocycles. The normalized spacial score (nSPS) is 33.5. The van der Waals surface area contributed by atoms with Crippen LogP contribution in [-0.4, -0.2) is 25.0 Å². The highest BCUT2D eigenvalue weighted by molar-refractivity contribution is 5.83. The summed E-state index contributed by atoms with van der Waals surface area (Å²) in [7, 11) is 3.32. The van der Waals surface area contributed by atoms with Crippen molar-refractivity contribution in [2.24, 2.45) is 23.2 Å². The minimum Gasteiger partial charge on any atom is -0.494 e. The van der Waals surface area contributed by atoms with Crippen LogP contribution in [0.15, 0.2) is 18.2 Å². The number of rotatable bonds is 4. The molecule has 24 heavy (non-hydrogen) atoms.